The standard InChI is InChI=1S/C27H32O10/c1-13-16-10-26(34,11-17(13)29)23(36-24(33)15-7-5-4-6-8-15)21-25(3,22(32)20(16)31)18(30)9-19-27(21,12-35-19)37-14(2)28/h4-8,17-21,23,29-31,34H,9-12H2,1-3H3/t17-,18?,19-,20-,21?,23?,25-,26?,27?/m1/s1. The van der Waals surface area contributed by atoms with E-state index in [0.29, 0.717) is 5.57 Å². The molecule has 1 aromatic rings. The normalized spacial score (nSPS) is 42.9. The van der Waals surface area contributed by atoms with Crippen LogP contribution in [0, 0.1) is 11.3 Å². The first-order valence-electron chi connectivity index (χ1n) is 12.4. The van der Waals surface area contributed by atoms with Gasteiger partial charge in [-0.05, 0) is 37.1 Å². The van der Waals surface area contributed by atoms with Crippen LogP contribution in [0.5, 0.6) is 0 Å². The summed E-state index contributed by atoms with van der Waals surface area (Å²) >= 11 is 0. The lowest BCUT2D eigenvalue weighted by atomic mass is 9.48. The number of carbonyl (C=O) groups is 3. The fraction of sp³-hybridized carbons (Fsp3) is 0.593. The number of carbonyl (C=O) groups excluding carboxylic acids is 3. The molecule has 0 spiro atoms. The summed E-state index contributed by atoms with van der Waals surface area (Å²) in [5, 5.41) is 45.5. The van der Waals surface area contributed by atoms with E-state index in [2.05, 4.69) is 0 Å². The fourth-order valence-electron chi connectivity index (χ4n) is 6.87. The summed E-state index contributed by atoms with van der Waals surface area (Å²) in [6.45, 7) is 4.04. The molecule has 37 heavy (non-hydrogen) atoms. The van der Waals surface area contributed by atoms with Gasteiger partial charge in [0.2, 0.25) is 0 Å². The van der Waals surface area contributed by atoms with Crippen molar-refractivity contribution >= 4 is 17.7 Å². The molecule has 2 saturated carbocycles. The molecule has 200 valence electrons. The van der Waals surface area contributed by atoms with E-state index < -0.39 is 70.8 Å². The van der Waals surface area contributed by atoms with Gasteiger partial charge in [0.15, 0.2) is 11.4 Å². The molecular formula is C27H32O10. The third-order valence-electron chi connectivity index (χ3n) is 8.93. The van der Waals surface area contributed by atoms with Crippen LogP contribution in [-0.4, -0.2) is 86.5 Å². The number of Topliss-reactive ketones (excluding diaryl/α,β-unsaturated/α-hetero) is 1. The van der Waals surface area contributed by atoms with Gasteiger partial charge in [0, 0.05) is 26.2 Å². The monoisotopic (exact) mass is 516 g/mol. The van der Waals surface area contributed by atoms with Crippen molar-refractivity contribution in [1.82, 2.24) is 0 Å². The number of aliphatic hydroxyl groups excluding tert-OH is 3. The molecular weight excluding hydrogens is 484 g/mol. The van der Waals surface area contributed by atoms with E-state index in [1.54, 1.807) is 25.1 Å². The van der Waals surface area contributed by atoms with E-state index >= 15 is 0 Å². The summed E-state index contributed by atoms with van der Waals surface area (Å²) in [5.74, 6) is -3.54. The Hall–Kier alpha value is -2.63. The maximum atomic E-state index is 14.0. The first-order chi connectivity index (χ1) is 17.3. The molecule has 3 fully saturated rings. The highest BCUT2D eigenvalue weighted by molar-refractivity contribution is 5.93. The fourth-order valence-corrected chi connectivity index (χ4v) is 6.87. The zero-order valence-corrected chi connectivity index (χ0v) is 20.9. The molecule has 10 nitrogen and oxygen atoms in total. The van der Waals surface area contributed by atoms with E-state index in [1.165, 1.54) is 26.0 Å². The van der Waals surface area contributed by atoms with E-state index in [0.717, 1.165) is 0 Å². The van der Waals surface area contributed by atoms with Crippen LogP contribution in [0.25, 0.3) is 0 Å². The average molecular weight is 517 g/mol. The molecule has 10 heteroatoms. The van der Waals surface area contributed by atoms with Gasteiger partial charge in [-0.25, -0.2) is 4.79 Å². The number of aliphatic hydroxyl groups is 4. The van der Waals surface area contributed by atoms with Crippen LogP contribution in [0.3, 0.4) is 0 Å². The number of hydrogen-bond acceptors (Lipinski definition) is 10. The van der Waals surface area contributed by atoms with Gasteiger partial charge in [-0.3, -0.25) is 9.59 Å². The largest absolute Gasteiger partial charge is 0.455 e. The van der Waals surface area contributed by atoms with Gasteiger partial charge in [0.05, 0.1) is 35.7 Å². The molecule has 4 N–H and O–H groups in total. The Morgan fingerprint density at radius 3 is 2.41 bits per heavy atom. The summed E-state index contributed by atoms with van der Waals surface area (Å²) in [4.78, 5) is 39.7. The van der Waals surface area contributed by atoms with E-state index in [1.807, 2.05) is 0 Å². The van der Waals surface area contributed by atoms with Crippen molar-refractivity contribution in [3.8, 4) is 0 Å². The molecule has 0 aromatic heterocycles. The van der Waals surface area contributed by atoms with Crippen molar-refractivity contribution in [2.45, 2.75) is 81.8 Å². The molecule has 0 amide bonds. The van der Waals surface area contributed by atoms with Gasteiger partial charge < -0.3 is 34.6 Å². The first kappa shape index (κ1) is 26.0. The highest BCUT2D eigenvalue weighted by Crippen LogP contribution is 2.60. The smallest absolute Gasteiger partial charge is 0.338 e. The molecule has 4 aliphatic rings. The maximum Gasteiger partial charge on any atom is 0.338 e. The minimum absolute atomic E-state index is 0.0722. The molecule has 9 atom stereocenters. The summed E-state index contributed by atoms with van der Waals surface area (Å²) in [5.41, 5.74) is -4.65. The second kappa shape index (κ2) is 8.71. The summed E-state index contributed by atoms with van der Waals surface area (Å²) < 4.78 is 17.5. The highest BCUT2D eigenvalue weighted by atomic mass is 16.6. The average Bonchev–Trinajstić information content (AvgIpc) is 2.85. The minimum atomic E-state index is -1.96. The van der Waals surface area contributed by atoms with Crippen molar-refractivity contribution in [1.29, 1.82) is 0 Å². The highest BCUT2D eigenvalue weighted by Gasteiger charge is 2.75. The Labute approximate surface area is 213 Å². The Bertz CT molecular complexity index is 1160. The predicted octanol–water partition coefficient (Wildman–Crippen LogP) is 0.446. The van der Waals surface area contributed by atoms with Crippen molar-refractivity contribution in [2.24, 2.45) is 11.3 Å². The molecule has 5 unspecified atom stereocenters. The van der Waals surface area contributed by atoms with E-state index in [9.17, 15) is 34.8 Å². The number of hydrogen-bond donors (Lipinski definition) is 4. The van der Waals surface area contributed by atoms with Crippen molar-refractivity contribution < 1.29 is 49.0 Å². The number of fused-ring (bicyclic) bond motifs is 5. The Morgan fingerprint density at radius 1 is 1.14 bits per heavy atom. The summed E-state index contributed by atoms with van der Waals surface area (Å²) in [6.07, 6.45) is -7.29. The van der Waals surface area contributed by atoms with Crippen LogP contribution < -0.4 is 0 Å². The Balaban J connectivity index is 1.74. The molecule has 1 aromatic carbocycles. The zero-order chi connectivity index (χ0) is 26.9. The number of esters is 2. The third-order valence-corrected chi connectivity index (χ3v) is 8.93. The van der Waals surface area contributed by atoms with Crippen LogP contribution in [-0.2, 0) is 23.8 Å². The predicted molar refractivity (Wildman–Crippen MR) is 126 cm³/mol. The SMILES string of the molecule is CC(=O)OC12CO[C@@H]1CC(O)[C@@]1(C)C(=O)[C@H](O)C3=C(C)[C@H](O)CC(O)(C3)C(OC(=O)c3ccccc3)C21. The molecule has 5 rings (SSSR count). The molecule has 3 aliphatic carbocycles. The zero-order valence-electron chi connectivity index (χ0n) is 20.9. The van der Waals surface area contributed by atoms with Crippen molar-refractivity contribution in [3.63, 3.8) is 0 Å². The lowest BCUT2D eigenvalue weighted by molar-refractivity contribution is -0.340. The van der Waals surface area contributed by atoms with Gasteiger partial charge in [0.25, 0.3) is 0 Å². The van der Waals surface area contributed by atoms with Crippen LogP contribution in [0.2, 0.25) is 0 Å². The summed E-state index contributed by atoms with van der Waals surface area (Å²) in [6, 6.07) is 8.06. The Morgan fingerprint density at radius 2 is 1.81 bits per heavy atom. The van der Waals surface area contributed by atoms with Crippen LogP contribution in [0.15, 0.2) is 41.5 Å². The first-order valence-corrected chi connectivity index (χ1v) is 12.4. The van der Waals surface area contributed by atoms with Gasteiger partial charge in [-0.15, -0.1) is 0 Å². The molecule has 1 aliphatic heterocycles. The molecule has 2 bridgehead atoms. The lowest BCUT2D eigenvalue weighted by Crippen LogP contribution is -2.80. The quantitative estimate of drug-likeness (QED) is 0.328. The van der Waals surface area contributed by atoms with Crippen LogP contribution in [0.1, 0.15) is 50.4 Å². The van der Waals surface area contributed by atoms with Crippen LogP contribution in [0.4, 0.5) is 0 Å². The van der Waals surface area contributed by atoms with Gasteiger partial charge in [-0.1, -0.05) is 18.2 Å². The third kappa shape index (κ3) is 3.69. The molecule has 1 saturated heterocycles. The van der Waals surface area contributed by atoms with Gasteiger partial charge in [0.1, 0.15) is 23.9 Å². The molecule has 0 radical (unpaired) electrons. The van der Waals surface area contributed by atoms with E-state index in [4.69, 9.17) is 14.2 Å². The maximum absolute atomic E-state index is 14.0. The Kier molecular flexibility index (Phi) is 6.12. The number of ketones is 1. The number of ether oxygens (including phenoxy) is 3. The van der Waals surface area contributed by atoms with Gasteiger partial charge >= 0.3 is 11.9 Å². The van der Waals surface area contributed by atoms with Crippen LogP contribution >= 0.6 is 0 Å². The molecule has 1 heterocycles. The van der Waals surface area contributed by atoms with Crippen molar-refractivity contribution in [3.05, 3.63) is 47.0 Å². The van der Waals surface area contributed by atoms with Gasteiger partial charge in [-0.2, -0.15) is 0 Å². The summed E-state index contributed by atoms with van der Waals surface area (Å²) in [7, 11) is 0. The van der Waals surface area contributed by atoms with Crippen molar-refractivity contribution in [2.75, 3.05) is 6.61 Å². The number of rotatable bonds is 3. The lowest BCUT2D eigenvalue weighted by Gasteiger charge is -2.65. The van der Waals surface area contributed by atoms with E-state index in [-0.39, 0.29) is 37.0 Å². The number of benzene rings is 1. The second-order valence-corrected chi connectivity index (χ2v) is 11.0. The minimum Gasteiger partial charge on any atom is -0.455 e. The second-order valence-electron chi connectivity index (χ2n) is 11.0. The topological polar surface area (TPSA) is 160 Å².